The summed E-state index contributed by atoms with van der Waals surface area (Å²) in [5.41, 5.74) is 0. The summed E-state index contributed by atoms with van der Waals surface area (Å²) in [6.07, 6.45) is 24.1. The van der Waals surface area contributed by atoms with Crippen molar-refractivity contribution in [2.45, 2.75) is 70.6 Å². The van der Waals surface area contributed by atoms with E-state index in [9.17, 15) is 0 Å². The summed E-state index contributed by atoms with van der Waals surface area (Å²) in [7, 11) is 0. The first kappa shape index (κ1) is 30.5. The van der Waals surface area contributed by atoms with Gasteiger partial charge in [0.15, 0.2) is 0 Å². The fraction of sp³-hybridized carbons (Fsp3) is 0.862. The zero-order valence-electron chi connectivity index (χ0n) is 22.3. The van der Waals surface area contributed by atoms with E-state index in [1.165, 1.54) is 70.6 Å². The molecule has 35 heavy (non-hydrogen) atoms. The summed E-state index contributed by atoms with van der Waals surface area (Å²) in [6.45, 7) is 9.48. The van der Waals surface area contributed by atoms with Gasteiger partial charge in [-0.15, -0.1) is 0 Å². The van der Waals surface area contributed by atoms with Crippen molar-refractivity contribution in [3.63, 3.8) is 0 Å². The van der Waals surface area contributed by atoms with Crippen LogP contribution in [0.4, 0.5) is 0 Å². The highest BCUT2D eigenvalue weighted by Crippen LogP contribution is 2.18. The van der Waals surface area contributed by atoms with E-state index in [1.54, 1.807) is 0 Å². The summed E-state index contributed by atoms with van der Waals surface area (Å²) < 4.78 is 28.1. The summed E-state index contributed by atoms with van der Waals surface area (Å²) in [5.74, 6) is 0.717. The van der Waals surface area contributed by atoms with Crippen LogP contribution >= 0.6 is 0 Å². The Morgan fingerprint density at radius 2 is 0.829 bits per heavy atom. The average Bonchev–Trinajstić information content (AvgIpc) is 3.39. The molecule has 2 rings (SSSR count). The van der Waals surface area contributed by atoms with Crippen LogP contribution in [0.3, 0.4) is 0 Å². The summed E-state index contributed by atoms with van der Waals surface area (Å²) >= 11 is 0. The molecule has 0 aromatic heterocycles. The van der Waals surface area contributed by atoms with Gasteiger partial charge in [0, 0.05) is 13.1 Å². The normalized spacial score (nSPS) is 20.7. The van der Waals surface area contributed by atoms with Crippen LogP contribution in [0.25, 0.3) is 0 Å². The van der Waals surface area contributed by atoms with Crippen molar-refractivity contribution in [2.75, 3.05) is 85.7 Å². The van der Waals surface area contributed by atoms with Crippen LogP contribution in [-0.2, 0) is 23.7 Å². The Balaban J connectivity index is 1.43. The van der Waals surface area contributed by atoms with Crippen molar-refractivity contribution >= 4 is 0 Å². The molecule has 0 unspecified atom stereocenters. The topological polar surface area (TPSA) is 49.4 Å². The van der Waals surface area contributed by atoms with Gasteiger partial charge in [-0.1, -0.05) is 82.1 Å². The van der Waals surface area contributed by atoms with E-state index in [2.05, 4.69) is 29.2 Å². The first-order chi connectivity index (χ1) is 17.4. The number of hydrogen-bond donors (Lipinski definition) is 0. The molecule has 1 fully saturated rings. The monoisotopic (exact) mass is 495 g/mol. The SMILES string of the molecule is C1=CC(CCCCCCCCCCCCN2CCOCCOCCOCCOCCOCC2)C=C1. The second kappa shape index (κ2) is 23.6. The highest BCUT2D eigenvalue weighted by molar-refractivity contribution is 5.17. The number of rotatable bonds is 13. The lowest BCUT2D eigenvalue weighted by atomic mass is 10.0. The van der Waals surface area contributed by atoms with E-state index < -0.39 is 0 Å². The van der Waals surface area contributed by atoms with Gasteiger partial charge < -0.3 is 23.7 Å². The van der Waals surface area contributed by atoms with Crippen molar-refractivity contribution in [3.05, 3.63) is 24.3 Å². The maximum atomic E-state index is 5.77. The van der Waals surface area contributed by atoms with E-state index in [-0.39, 0.29) is 0 Å². The molecule has 0 aromatic rings. The molecule has 0 bridgehead atoms. The van der Waals surface area contributed by atoms with Crippen LogP contribution < -0.4 is 0 Å². The van der Waals surface area contributed by atoms with Gasteiger partial charge in [0.1, 0.15) is 0 Å². The van der Waals surface area contributed by atoms with Crippen molar-refractivity contribution in [1.82, 2.24) is 4.90 Å². The third-order valence-electron chi connectivity index (χ3n) is 6.68. The van der Waals surface area contributed by atoms with Crippen LogP contribution in [0.5, 0.6) is 0 Å². The van der Waals surface area contributed by atoms with Crippen molar-refractivity contribution in [3.8, 4) is 0 Å². The van der Waals surface area contributed by atoms with Gasteiger partial charge in [-0.3, -0.25) is 4.90 Å². The molecule has 1 saturated heterocycles. The third kappa shape index (κ3) is 19.1. The Labute approximate surface area is 215 Å². The maximum Gasteiger partial charge on any atom is 0.0701 e. The van der Waals surface area contributed by atoms with E-state index in [0.717, 1.165) is 38.8 Å². The summed E-state index contributed by atoms with van der Waals surface area (Å²) in [4.78, 5) is 2.48. The average molecular weight is 496 g/mol. The number of ether oxygens (including phenoxy) is 5. The lowest BCUT2D eigenvalue weighted by molar-refractivity contribution is -0.0186. The molecule has 0 spiro atoms. The van der Waals surface area contributed by atoms with Crippen LogP contribution in [0, 0.1) is 5.92 Å². The second-order valence-electron chi connectivity index (χ2n) is 9.66. The molecule has 2 aliphatic rings. The molecule has 0 aromatic carbocycles. The van der Waals surface area contributed by atoms with Gasteiger partial charge in [0.2, 0.25) is 0 Å². The molecule has 0 atom stereocenters. The van der Waals surface area contributed by atoms with Crippen molar-refractivity contribution in [2.24, 2.45) is 5.92 Å². The van der Waals surface area contributed by atoms with Gasteiger partial charge in [0.25, 0.3) is 0 Å². The largest absolute Gasteiger partial charge is 0.378 e. The van der Waals surface area contributed by atoms with Crippen LogP contribution in [0.2, 0.25) is 0 Å². The minimum absolute atomic E-state index is 0.602. The van der Waals surface area contributed by atoms with E-state index in [0.29, 0.717) is 52.9 Å². The molecule has 1 aliphatic carbocycles. The molecule has 1 aliphatic heterocycles. The molecule has 1 heterocycles. The fourth-order valence-electron chi connectivity index (χ4n) is 4.50. The van der Waals surface area contributed by atoms with Crippen LogP contribution in [0.15, 0.2) is 24.3 Å². The fourth-order valence-corrected chi connectivity index (χ4v) is 4.50. The smallest absolute Gasteiger partial charge is 0.0701 e. The molecular weight excluding hydrogens is 442 g/mol. The standard InChI is InChI=1S/C29H53NO5/c1(3-5-7-9-13-29-14-10-11-15-29)2-4-6-8-12-16-30-17-19-31-21-23-33-25-27-35-28-26-34-24-22-32-20-18-30/h10-11,14-15,29H,1-9,12-13,16-28H2. The van der Waals surface area contributed by atoms with Crippen LogP contribution in [0.1, 0.15) is 70.6 Å². The predicted octanol–water partition coefficient (Wildman–Crippen LogP) is 5.42. The zero-order chi connectivity index (χ0) is 24.5. The second-order valence-corrected chi connectivity index (χ2v) is 9.66. The van der Waals surface area contributed by atoms with Gasteiger partial charge in [-0.2, -0.15) is 0 Å². The van der Waals surface area contributed by atoms with Crippen molar-refractivity contribution in [1.29, 1.82) is 0 Å². The predicted molar refractivity (Wildman–Crippen MR) is 143 cm³/mol. The Morgan fingerprint density at radius 1 is 0.457 bits per heavy atom. The molecule has 0 saturated carbocycles. The molecule has 0 N–H and O–H groups in total. The Kier molecular flexibility index (Phi) is 20.6. The number of hydrogen-bond acceptors (Lipinski definition) is 6. The highest BCUT2D eigenvalue weighted by Gasteiger charge is 2.06. The molecule has 0 amide bonds. The molecular formula is C29H53NO5. The quantitative estimate of drug-likeness (QED) is 0.318. The van der Waals surface area contributed by atoms with E-state index in [4.69, 9.17) is 23.7 Å². The van der Waals surface area contributed by atoms with Gasteiger partial charge in [0.05, 0.1) is 66.1 Å². The minimum atomic E-state index is 0.602. The number of nitrogens with zero attached hydrogens (tertiary/aromatic N) is 1. The summed E-state index contributed by atoms with van der Waals surface area (Å²) in [6, 6.07) is 0. The first-order valence-electron chi connectivity index (χ1n) is 14.4. The van der Waals surface area contributed by atoms with E-state index in [1.807, 2.05) is 0 Å². The van der Waals surface area contributed by atoms with Gasteiger partial charge in [-0.25, -0.2) is 0 Å². The molecule has 6 heteroatoms. The number of allylic oxidation sites excluding steroid dienone is 4. The maximum absolute atomic E-state index is 5.77. The minimum Gasteiger partial charge on any atom is -0.378 e. The highest BCUT2D eigenvalue weighted by atomic mass is 16.6. The Hall–Kier alpha value is -0.760. The Morgan fingerprint density at radius 3 is 1.29 bits per heavy atom. The van der Waals surface area contributed by atoms with Gasteiger partial charge in [-0.05, 0) is 25.3 Å². The molecule has 6 nitrogen and oxygen atoms in total. The molecule has 0 radical (unpaired) electrons. The van der Waals surface area contributed by atoms with E-state index >= 15 is 0 Å². The zero-order valence-corrected chi connectivity index (χ0v) is 22.3. The molecule has 204 valence electrons. The summed E-state index contributed by atoms with van der Waals surface area (Å²) in [5, 5.41) is 0. The van der Waals surface area contributed by atoms with Gasteiger partial charge >= 0.3 is 0 Å². The first-order valence-corrected chi connectivity index (χ1v) is 14.4. The third-order valence-corrected chi connectivity index (χ3v) is 6.68. The Bertz CT molecular complexity index is 483. The van der Waals surface area contributed by atoms with Crippen LogP contribution in [-0.4, -0.2) is 90.6 Å². The lowest BCUT2D eigenvalue weighted by Gasteiger charge is -2.22. The lowest BCUT2D eigenvalue weighted by Crippen LogP contribution is -2.32. The number of unbranched alkanes of at least 4 members (excludes halogenated alkanes) is 9. The van der Waals surface area contributed by atoms with Crippen molar-refractivity contribution < 1.29 is 23.7 Å².